The van der Waals surface area contributed by atoms with E-state index in [-0.39, 0.29) is 17.8 Å². The highest BCUT2D eigenvalue weighted by Crippen LogP contribution is 2.12. The van der Waals surface area contributed by atoms with Crippen molar-refractivity contribution < 1.29 is 24.5 Å². The Morgan fingerprint density at radius 1 is 1.29 bits per heavy atom. The monoisotopic (exact) mass is 196 g/mol. The lowest BCUT2D eigenvalue weighted by Crippen LogP contribution is -1.98. The Morgan fingerprint density at radius 3 is 2.57 bits per heavy atom. The van der Waals surface area contributed by atoms with Crippen molar-refractivity contribution in [1.29, 1.82) is 0 Å². The van der Waals surface area contributed by atoms with Crippen molar-refractivity contribution >= 4 is 12.1 Å². The van der Waals surface area contributed by atoms with Gasteiger partial charge < -0.3 is 14.9 Å². The molecule has 0 spiro atoms. The molecular weight excluding hydrogens is 188 g/mol. The van der Waals surface area contributed by atoms with Crippen LogP contribution in [-0.2, 0) is 9.53 Å². The van der Waals surface area contributed by atoms with E-state index >= 15 is 0 Å². The van der Waals surface area contributed by atoms with Crippen LogP contribution in [-0.4, -0.2) is 22.3 Å². The first-order chi connectivity index (χ1) is 6.59. The lowest BCUT2D eigenvalue weighted by molar-refractivity contribution is -0.132. The number of carboxylic acids is 1. The van der Waals surface area contributed by atoms with Gasteiger partial charge in [-0.15, -0.1) is 0 Å². The predicted octanol–water partition coefficient (Wildman–Crippen LogP) is 1.54. The summed E-state index contributed by atoms with van der Waals surface area (Å²) in [7, 11) is 0. The molecule has 0 aromatic heterocycles. The summed E-state index contributed by atoms with van der Waals surface area (Å²) in [6, 6.07) is 0. The van der Waals surface area contributed by atoms with E-state index in [1.807, 2.05) is 0 Å². The van der Waals surface area contributed by atoms with Crippen molar-refractivity contribution in [2.45, 2.75) is 6.42 Å². The minimum Gasteiger partial charge on any atom is -0.478 e. The summed E-state index contributed by atoms with van der Waals surface area (Å²) in [4.78, 5) is 20.7. The summed E-state index contributed by atoms with van der Waals surface area (Å²) in [6.07, 6.45) is 4.40. The molecule has 0 saturated heterocycles. The number of rotatable bonds is 2. The molecule has 5 heteroatoms. The van der Waals surface area contributed by atoms with Crippen LogP contribution < -0.4 is 0 Å². The molecule has 5 nitrogen and oxygen atoms in total. The number of hydrogen-bond acceptors (Lipinski definition) is 3. The van der Waals surface area contributed by atoms with E-state index < -0.39 is 12.1 Å². The number of carbonyl (C=O) groups is 2. The fraction of sp³-hybridized carbons (Fsp3) is 0.111. The lowest BCUT2D eigenvalue weighted by Gasteiger charge is -1.96. The molecule has 1 aliphatic rings. The van der Waals surface area contributed by atoms with Crippen LogP contribution in [0.2, 0.25) is 0 Å². The van der Waals surface area contributed by atoms with E-state index in [1.165, 1.54) is 24.3 Å². The third kappa shape index (κ3) is 2.78. The average molecular weight is 196 g/mol. The molecule has 1 rings (SSSR count). The summed E-state index contributed by atoms with van der Waals surface area (Å²) in [5.41, 5.74) is 0.185. The van der Waals surface area contributed by atoms with Gasteiger partial charge in [0.15, 0.2) is 0 Å². The standard InChI is InChI=1S/C9H8O5/c10-8(11)6-2-1-3-7(5-4-6)14-9(12)13/h1,3-5H,2H2,(H,10,11)(H,12,13). The van der Waals surface area contributed by atoms with E-state index in [0.717, 1.165) is 0 Å². The molecule has 0 amide bonds. The van der Waals surface area contributed by atoms with Crippen LogP contribution in [0.4, 0.5) is 4.79 Å². The van der Waals surface area contributed by atoms with Gasteiger partial charge in [-0.1, -0.05) is 6.08 Å². The lowest BCUT2D eigenvalue weighted by atomic mass is 10.2. The van der Waals surface area contributed by atoms with Crippen molar-refractivity contribution in [1.82, 2.24) is 0 Å². The highest BCUT2D eigenvalue weighted by atomic mass is 16.7. The molecule has 0 aliphatic heterocycles. The van der Waals surface area contributed by atoms with Crippen LogP contribution in [0.25, 0.3) is 0 Å². The van der Waals surface area contributed by atoms with Crippen LogP contribution in [0.15, 0.2) is 35.6 Å². The predicted molar refractivity (Wildman–Crippen MR) is 46.7 cm³/mol. The van der Waals surface area contributed by atoms with Crippen molar-refractivity contribution in [2.75, 3.05) is 0 Å². The van der Waals surface area contributed by atoms with Crippen LogP contribution in [0, 0.1) is 0 Å². The van der Waals surface area contributed by atoms with E-state index in [4.69, 9.17) is 10.2 Å². The zero-order valence-corrected chi connectivity index (χ0v) is 7.14. The quantitative estimate of drug-likeness (QED) is 0.654. The molecule has 0 unspecified atom stereocenters. The molecule has 0 bridgehead atoms. The molecule has 14 heavy (non-hydrogen) atoms. The van der Waals surface area contributed by atoms with Gasteiger partial charge in [-0.3, -0.25) is 0 Å². The molecular formula is C9H8O5. The number of allylic oxidation sites excluding steroid dienone is 4. The van der Waals surface area contributed by atoms with Crippen molar-refractivity contribution in [3.8, 4) is 0 Å². The topological polar surface area (TPSA) is 83.8 Å². The molecule has 0 radical (unpaired) electrons. The summed E-state index contributed by atoms with van der Waals surface area (Å²) in [6.45, 7) is 0. The first-order valence-corrected chi connectivity index (χ1v) is 3.81. The SMILES string of the molecule is O=C(O)OC1=CC=C(C(=O)O)CC=C1. The normalized spacial score (nSPS) is 15.1. The van der Waals surface area contributed by atoms with Gasteiger partial charge in [0.1, 0.15) is 5.76 Å². The van der Waals surface area contributed by atoms with Crippen LogP contribution in [0.3, 0.4) is 0 Å². The summed E-state index contributed by atoms with van der Waals surface area (Å²) in [5.74, 6) is -0.920. The summed E-state index contributed by atoms with van der Waals surface area (Å²) >= 11 is 0. The van der Waals surface area contributed by atoms with E-state index in [9.17, 15) is 9.59 Å². The van der Waals surface area contributed by atoms with Gasteiger partial charge in [-0.2, -0.15) is 0 Å². The van der Waals surface area contributed by atoms with Gasteiger partial charge in [0.05, 0.1) is 0 Å². The Bertz CT molecular complexity index is 348. The molecule has 0 atom stereocenters. The summed E-state index contributed by atoms with van der Waals surface area (Å²) in [5, 5.41) is 16.9. The highest BCUT2D eigenvalue weighted by molar-refractivity contribution is 5.87. The second-order valence-electron chi connectivity index (χ2n) is 2.54. The van der Waals surface area contributed by atoms with Gasteiger partial charge in [0.25, 0.3) is 0 Å². The van der Waals surface area contributed by atoms with E-state index in [0.29, 0.717) is 0 Å². The first kappa shape index (κ1) is 10.0. The van der Waals surface area contributed by atoms with Crippen molar-refractivity contribution in [2.24, 2.45) is 0 Å². The second-order valence-corrected chi connectivity index (χ2v) is 2.54. The Balaban J connectivity index is 2.81. The highest BCUT2D eigenvalue weighted by Gasteiger charge is 2.08. The molecule has 1 aliphatic carbocycles. The summed E-state index contributed by atoms with van der Waals surface area (Å²) < 4.78 is 4.35. The number of aliphatic carboxylic acids is 1. The third-order valence-electron chi connectivity index (χ3n) is 1.55. The maximum Gasteiger partial charge on any atom is 0.511 e. The van der Waals surface area contributed by atoms with Gasteiger partial charge in [-0.25, -0.2) is 9.59 Å². The second kappa shape index (κ2) is 4.27. The minimum atomic E-state index is -1.42. The number of ether oxygens (including phenoxy) is 1. The Labute approximate surface area is 79.6 Å². The minimum absolute atomic E-state index is 0.105. The van der Waals surface area contributed by atoms with Crippen molar-refractivity contribution in [3.63, 3.8) is 0 Å². The zero-order valence-electron chi connectivity index (χ0n) is 7.14. The molecule has 2 N–H and O–H groups in total. The van der Waals surface area contributed by atoms with Crippen LogP contribution in [0.5, 0.6) is 0 Å². The van der Waals surface area contributed by atoms with Gasteiger partial charge >= 0.3 is 12.1 Å². The smallest absolute Gasteiger partial charge is 0.478 e. The van der Waals surface area contributed by atoms with Crippen LogP contribution >= 0.6 is 0 Å². The molecule has 74 valence electrons. The largest absolute Gasteiger partial charge is 0.511 e. The fourth-order valence-electron chi connectivity index (χ4n) is 0.936. The van der Waals surface area contributed by atoms with E-state index in [2.05, 4.69) is 4.74 Å². The van der Waals surface area contributed by atoms with Crippen LogP contribution in [0.1, 0.15) is 6.42 Å². The molecule has 0 fully saturated rings. The maximum absolute atomic E-state index is 10.5. The van der Waals surface area contributed by atoms with Gasteiger partial charge in [-0.05, 0) is 24.6 Å². The maximum atomic E-state index is 10.5. The van der Waals surface area contributed by atoms with E-state index in [1.54, 1.807) is 0 Å². The average Bonchev–Trinajstić information content (AvgIpc) is 2.28. The Hall–Kier alpha value is -2.04. The number of carboxylic acid groups (broad SMARTS) is 2. The van der Waals surface area contributed by atoms with Gasteiger partial charge in [0.2, 0.25) is 0 Å². The zero-order chi connectivity index (χ0) is 10.6. The first-order valence-electron chi connectivity index (χ1n) is 3.81. The third-order valence-corrected chi connectivity index (χ3v) is 1.55. The molecule has 0 heterocycles. The molecule has 0 aromatic carbocycles. The van der Waals surface area contributed by atoms with Crippen molar-refractivity contribution in [3.05, 3.63) is 35.6 Å². The Kier molecular flexibility index (Phi) is 3.06. The number of hydrogen-bond donors (Lipinski definition) is 2. The molecule has 0 aromatic rings. The molecule has 0 saturated carbocycles. The Morgan fingerprint density at radius 2 is 2.00 bits per heavy atom. The van der Waals surface area contributed by atoms with Gasteiger partial charge in [0, 0.05) is 5.57 Å². The fourth-order valence-corrected chi connectivity index (χ4v) is 0.936.